The number of carbonyl (C=O) groups is 1. The van der Waals surface area contributed by atoms with Gasteiger partial charge in [-0.25, -0.2) is 0 Å². The van der Waals surface area contributed by atoms with Gasteiger partial charge in [-0.15, -0.1) is 0 Å². The topological polar surface area (TPSA) is 29.5 Å². The number of carbonyl (C=O) groups excluding carboxylic acids is 1. The van der Waals surface area contributed by atoms with E-state index in [2.05, 4.69) is 18.7 Å². The van der Waals surface area contributed by atoms with E-state index >= 15 is 0 Å². The molecule has 0 amide bonds. The minimum atomic E-state index is 0.171. The molecule has 16 heavy (non-hydrogen) atoms. The number of rotatable bonds is 3. The Labute approximate surface area is 98.1 Å². The van der Waals surface area contributed by atoms with Crippen LogP contribution in [0.5, 0.6) is 0 Å². The molecular formula is C13H23NO2. The van der Waals surface area contributed by atoms with Crippen LogP contribution >= 0.6 is 0 Å². The highest BCUT2D eigenvalue weighted by molar-refractivity contribution is 5.83. The molecule has 0 saturated carbocycles. The lowest BCUT2D eigenvalue weighted by Gasteiger charge is -2.37. The van der Waals surface area contributed by atoms with Crippen LogP contribution in [0.2, 0.25) is 0 Å². The number of nitrogens with zero attached hydrogens (tertiary/aromatic N) is 1. The Morgan fingerprint density at radius 3 is 2.94 bits per heavy atom. The van der Waals surface area contributed by atoms with Gasteiger partial charge in [-0.3, -0.25) is 9.69 Å². The van der Waals surface area contributed by atoms with E-state index in [1.165, 1.54) is 12.8 Å². The molecule has 0 aromatic rings. The van der Waals surface area contributed by atoms with Gasteiger partial charge in [0.05, 0.1) is 13.2 Å². The van der Waals surface area contributed by atoms with Crippen LogP contribution in [0, 0.1) is 11.3 Å². The summed E-state index contributed by atoms with van der Waals surface area (Å²) in [6, 6.07) is 0. The van der Waals surface area contributed by atoms with Gasteiger partial charge in [0.25, 0.3) is 0 Å². The SMILES string of the molecule is CC1(C)CCCN(CC(=O)C2CCOC2)C1. The Morgan fingerprint density at radius 2 is 2.31 bits per heavy atom. The Balaban J connectivity index is 1.82. The molecule has 0 aromatic heterocycles. The van der Waals surface area contributed by atoms with Crippen molar-refractivity contribution in [2.45, 2.75) is 33.1 Å². The van der Waals surface area contributed by atoms with Crippen LogP contribution < -0.4 is 0 Å². The van der Waals surface area contributed by atoms with Crippen LogP contribution in [0.4, 0.5) is 0 Å². The number of ketones is 1. The first kappa shape index (κ1) is 12.1. The highest BCUT2D eigenvalue weighted by atomic mass is 16.5. The summed E-state index contributed by atoms with van der Waals surface area (Å²) < 4.78 is 5.27. The summed E-state index contributed by atoms with van der Waals surface area (Å²) >= 11 is 0. The molecule has 0 spiro atoms. The van der Waals surface area contributed by atoms with Gasteiger partial charge < -0.3 is 4.74 Å². The van der Waals surface area contributed by atoms with Gasteiger partial charge in [0.2, 0.25) is 0 Å². The molecule has 3 nitrogen and oxygen atoms in total. The van der Waals surface area contributed by atoms with Crippen LogP contribution in [0.25, 0.3) is 0 Å². The van der Waals surface area contributed by atoms with E-state index in [1.54, 1.807) is 0 Å². The first-order chi connectivity index (χ1) is 7.57. The fourth-order valence-electron chi connectivity index (χ4n) is 2.82. The van der Waals surface area contributed by atoms with E-state index < -0.39 is 0 Å². The summed E-state index contributed by atoms with van der Waals surface area (Å²) in [7, 11) is 0. The largest absolute Gasteiger partial charge is 0.381 e. The van der Waals surface area contributed by atoms with Gasteiger partial charge in [-0.1, -0.05) is 13.8 Å². The third kappa shape index (κ3) is 3.05. The Kier molecular flexibility index (Phi) is 3.65. The number of hydrogen-bond donors (Lipinski definition) is 0. The highest BCUT2D eigenvalue weighted by Crippen LogP contribution is 2.28. The van der Waals surface area contributed by atoms with E-state index in [4.69, 9.17) is 4.74 Å². The lowest BCUT2D eigenvalue weighted by molar-refractivity contribution is -0.124. The summed E-state index contributed by atoms with van der Waals surface area (Å²) in [5, 5.41) is 0. The van der Waals surface area contributed by atoms with Crippen molar-refractivity contribution < 1.29 is 9.53 Å². The molecule has 0 radical (unpaired) electrons. The second-order valence-corrected chi connectivity index (χ2v) is 6.01. The third-order valence-electron chi connectivity index (χ3n) is 3.74. The molecule has 0 aliphatic carbocycles. The lowest BCUT2D eigenvalue weighted by atomic mass is 9.84. The first-order valence-electron chi connectivity index (χ1n) is 6.40. The smallest absolute Gasteiger partial charge is 0.152 e. The summed E-state index contributed by atoms with van der Waals surface area (Å²) in [4.78, 5) is 14.3. The van der Waals surface area contributed by atoms with Crippen molar-refractivity contribution >= 4 is 5.78 Å². The second-order valence-electron chi connectivity index (χ2n) is 6.01. The maximum atomic E-state index is 12.0. The summed E-state index contributed by atoms with van der Waals surface area (Å²) in [6.45, 7) is 8.79. The van der Waals surface area contributed by atoms with Crippen LogP contribution in [0.15, 0.2) is 0 Å². The van der Waals surface area contributed by atoms with Crippen LogP contribution in [-0.2, 0) is 9.53 Å². The molecule has 2 heterocycles. The molecule has 2 fully saturated rings. The molecule has 2 aliphatic heterocycles. The number of ether oxygens (including phenoxy) is 1. The lowest BCUT2D eigenvalue weighted by Crippen LogP contribution is -2.43. The Hall–Kier alpha value is -0.410. The average Bonchev–Trinajstić information content (AvgIpc) is 2.68. The molecule has 3 heteroatoms. The first-order valence-corrected chi connectivity index (χ1v) is 6.40. The predicted octanol–water partition coefficient (Wildman–Crippen LogP) is 1.71. The fourth-order valence-corrected chi connectivity index (χ4v) is 2.82. The molecule has 1 unspecified atom stereocenters. The normalized spacial score (nSPS) is 30.5. The van der Waals surface area contributed by atoms with E-state index in [1.807, 2.05) is 0 Å². The molecule has 2 aliphatic rings. The fraction of sp³-hybridized carbons (Fsp3) is 0.923. The van der Waals surface area contributed by atoms with E-state index in [0.29, 0.717) is 24.3 Å². The molecular weight excluding hydrogens is 202 g/mol. The van der Waals surface area contributed by atoms with Crippen LogP contribution in [0.1, 0.15) is 33.1 Å². The standard InChI is InChI=1S/C13H23NO2/c1-13(2)5-3-6-14(10-13)8-12(15)11-4-7-16-9-11/h11H,3-10H2,1-2H3. The molecule has 92 valence electrons. The molecule has 0 N–H and O–H groups in total. The number of likely N-dealkylation sites (tertiary alicyclic amines) is 1. The van der Waals surface area contributed by atoms with Crippen LogP contribution in [-0.4, -0.2) is 43.5 Å². The predicted molar refractivity (Wildman–Crippen MR) is 63.4 cm³/mol. The molecule has 2 rings (SSSR count). The van der Waals surface area contributed by atoms with Crippen molar-refractivity contribution in [1.82, 2.24) is 4.90 Å². The van der Waals surface area contributed by atoms with Crippen molar-refractivity contribution in [2.24, 2.45) is 11.3 Å². The van der Waals surface area contributed by atoms with Gasteiger partial charge in [-0.05, 0) is 31.2 Å². The zero-order valence-corrected chi connectivity index (χ0v) is 10.5. The van der Waals surface area contributed by atoms with Gasteiger partial charge in [-0.2, -0.15) is 0 Å². The van der Waals surface area contributed by atoms with Crippen molar-refractivity contribution in [2.75, 3.05) is 32.8 Å². The monoisotopic (exact) mass is 225 g/mol. The summed E-state index contributed by atoms with van der Waals surface area (Å²) in [5.41, 5.74) is 0.380. The van der Waals surface area contributed by atoms with Gasteiger partial charge in [0, 0.05) is 19.1 Å². The van der Waals surface area contributed by atoms with Gasteiger partial charge >= 0.3 is 0 Å². The highest BCUT2D eigenvalue weighted by Gasteiger charge is 2.30. The van der Waals surface area contributed by atoms with Gasteiger partial charge in [0.1, 0.15) is 0 Å². The molecule has 0 aromatic carbocycles. The van der Waals surface area contributed by atoms with E-state index in [9.17, 15) is 4.79 Å². The zero-order valence-electron chi connectivity index (χ0n) is 10.5. The quantitative estimate of drug-likeness (QED) is 0.732. The number of hydrogen-bond acceptors (Lipinski definition) is 3. The van der Waals surface area contributed by atoms with Crippen molar-refractivity contribution in [3.05, 3.63) is 0 Å². The molecule has 0 bridgehead atoms. The maximum Gasteiger partial charge on any atom is 0.152 e. The minimum Gasteiger partial charge on any atom is -0.381 e. The summed E-state index contributed by atoms with van der Waals surface area (Å²) in [6.07, 6.45) is 3.43. The van der Waals surface area contributed by atoms with E-state index in [0.717, 1.165) is 26.1 Å². The van der Waals surface area contributed by atoms with Gasteiger partial charge in [0.15, 0.2) is 5.78 Å². The van der Waals surface area contributed by atoms with Crippen molar-refractivity contribution in [1.29, 1.82) is 0 Å². The van der Waals surface area contributed by atoms with Crippen molar-refractivity contribution in [3.8, 4) is 0 Å². The van der Waals surface area contributed by atoms with E-state index in [-0.39, 0.29) is 5.92 Å². The third-order valence-corrected chi connectivity index (χ3v) is 3.74. The summed E-state index contributed by atoms with van der Waals surface area (Å²) in [5.74, 6) is 0.556. The van der Waals surface area contributed by atoms with Crippen LogP contribution in [0.3, 0.4) is 0 Å². The average molecular weight is 225 g/mol. The number of Topliss-reactive ketones (excluding diaryl/α,β-unsaturated/α-hetero) is 1. The Bertz CT molecular complexity index is 257. The minimum absolute atomic E-state index is 0.171. The maximum absolute atomic E-state index is 12.0. The Morgan fingerprint density at radius 1 is 1.50 bits per heavy atom. The molecule has 1 atom stereocenters. The molecule has 2 saturated heterocycles. The second kappa shape index (κ2) is 4.84. The zero-order chi connectivity index (χ0) is 11.6. The number of piperidine rings is 1. The van der Waals surface area contributed by atoms with Crippen molar-refractivity contribution in [3.63, 3.8) is 0 Å².